The average molecular weight is 898 g/mol. The lowest BCUT2D eigenvalue weighted by atomic mass is 10.0. The highest BCUT2D eigenvalue weighted by Gasteiger charge is 2.41. The van der Waals surface area contributed by atoms with Crippen LogP contribution in [0.4, 0.5) is 0 Å². The van der Waals surface area contributed by atoms with Crippen molar-refractivity contribution in [1.82, 2.24) is 0 Å². The van der Waals surface area contributed by atoms with Crippen LogP contribution < -0.4 is 0 Å². The molecule has 0 saturated heterocycles. The van der Waals surface area contributed by atoms with Crippen molar-refractivity contribution in [3.05, 3.63) is 0 Å². The standard InChI is InChI=1S/C55H112N2O6/c1-13-15-17-19-21-23-25-27-29-31-33-35-37-40-44-56(9,50(52(58)60-11)48-62-54(3,4)5)46-42-39-43-47-57(10,51(53(59)61-12)49-63-55(6,7)8)45-41-38-36-34-32-30-28-26-24-22-20-18-16-14-2/h50-51H,13-49H2,1-12H3/q+2/t50-,51-,56?,57?/m0/s1. The second-order valence-corrected chi connectivity index (χ2v) is 22.0. The van der Waals surface area contributed by atoms with Gasteiger partial charge in [0.2, 0.25) is 12.1 Å². The number of hydrogen-bond acceptors (Lipinski definition) is 6. The third kappa shape index (κ3) is 33.8. The minimum atomic E-state index is -0.365. The van der Waals surface area contributed by atoms with E-state index in [1.165, 1.54) is 181 Å². The monoisotopic (exact) mass is 897 g/mol. The number of ether oxygens (including phenoxy) is 4. The number of methoxy groups -OCH3 is 2. The molecule has 0 heterocycles. The van der Waals surface area contributed by atoms with Gasteiger partial charge in [0.05, 0.1) is 65.7 Å². The zero-order valence-electron chi connectivity index (χ0n) is 44.7. The maximum Gasteiger partial charge on any atom is 0.367 e. The average Bonchev–Trinajstić information content (AvgIpc) is 3.22. The molecule has 8 heteroatoms. The third-order valence-corrected chi connectivity index (χ3v) is 13.7. The Morgan fingerprint density at radius 3 is 0.746 bits per heavy atom. The van der Waals surface area contributed by atoms with Gasteiger partial charge < -0.3 is 27.9 Å². The molecule has 376 valence electrons. The minimum absolute atomic E-state index is 0.177. The van der Waals surface area contributed by atoms with Crippen LogP contribution in [-0.2, 0) is 28.5 Å². The Bertz CT molecular complexity index is 990. The molecule has 63 heavy (non-hydrogen) atoms. The van der Waals surface area contributed by atoms with E-state index in [9.17, 15) is 9.59 Å². The quantitative estimate of drug-likeness (QED) is 0.0345. The lowest BCUT2D eigenvalue weighted by Crippen LogP contribution is -2.60. The topological polar surface area (TPSA) is 71.1 Å². The molecule has 4 atom stereocenters. The van der Waals surface area contributed by atoms with E-state index in [0.717, 1.165) is 58.3 Å². The van der Waals surface area contributed by atoms with Crippen molar-refractivity contribution in [2.24, 2.45) is 0 Å². The highest BCUT2D eigenvalue weighted by molar-refractivity contribution is 5.75. The van der Waals surface area contributed by atoms with Gasteiger partial charge in [0.1, 0.15) is 13.2 Å². The van der Waals surface area contributed by atoms with Crippen molar-refractivity contribution < 1.29 is 37.5 Å². The molecule has 0 saturated carbocycles. The van der Waals surface area contributed by atoms with Crippen LogP contribution in [0.25, 0.3) is 0 Å². The Labute approximate surface area is 393 Å². The molecule has 0 spiro atoms. The molecule has 0 aromatic carbocycles. The number of rotatable bonds is 44. The van der Waals surface area contributed by atoms with Gasteiger partial charge in [-0.25, -0.2) is 9.59 Å². The van der Waals surface area contributed by atoms with E-state index in [4.69, 9.17) is 18.9 Å². The molecule has 0 aliphatic carbocycles. The number of unbranched alkanes of at least 4 members (excludes halogenated alkanes) is 28. The molecule has 2 unspecified atom stereocenters. The number of nitrogens with zero attached hydrogens (tertiary/aromatic N) is 2. The van der Waals surface area contributed by atoms with Crippen LogP contribution in [0.15, 0.2) is 0 Å². The Hall–Kier alpha value is -1.22. The van der Waals surface area contributed by atoms with Crippen LogP contribution in [0.2, 0.25) is 0 Å². The smallest absolute Gasteiger partial charge is 0.367 e. The summed E-state index contributed by atoms with van der Waals surface area (Å²) >= 11 is 0. The second-order valence-electron chi connectivity index (χ2n) is 22.0. The molecule has 0 rings (SSSR count). The zero-order valence-corrected chi connectivity index (χ0v) is 44.7. The molecule has 0 radical (unpaired) electrons. The molecule has 0 fully saturated rings. The van der Waals surface area contributed by atoms with Crippen LogP contribution in [0.5, 0.6) is 0 Å². The fourth-order valence-corrected chi connectivity index (χ4v) is 9.24. The molecule has 0 aliphatic rings. The first-order chi connectivity index (χ1) is 30.0. The maximum absolute atomic E-state index is 13.4. The predicted octanol–water partition coefficient (Wildman–Crippen LogP) is 14.7. The summed E-state index contributed by atoms with van der Waals surface area (Å²) in [5.74, 6) is -0.353. The van der Waals surface area contributed by atoms with Crippen LogP contribution in [-0.4, -0.2) is 112 Å². The Balaban J connectivity index is 5.41. The molecule has 8 nitrogen and oxygen atoms in total. The van der Waals surface area contributed by atoms with Crippen molar-refractivity contribution in [1.29, 1.82) is 0 Å². The Kier molecular flexibility index (Phi) is 37.1. The Morgan fingerprint density at radius 1 is 0.365 bits per heavy atom. The lowest BCUT2D eigenvalue weighted by Gasteiger charge is -2.42. The minimum Gasteiger partial charge on any atom is -0.465 e. The van der Waals surface area contributed by atoms with Crippen LogP contribution in [0.3, 0.4) is 0 Å². The van der Waals surface area contributed by atoms with Crippen LogP contribution in [0.1, 0.15) is 254 Å². The highest BCUT2D eigenvalue weighted by atomic mass is 16.5. The molecular weight excluding hydrogens is 785 g/mol. The molecule has 0 aliphatic heterocycles. The SMILES string of the molecule is CCCCCCCCCCCCCCCC[N+](C)(CCCCC[N+](C)(CCCCCCCCCCCCCCCC)[C@@H](COC(C)(C)C)C(=O)OC)[C@@H](COC(C)(C)C)C(=O)OC. The van der Waals surface area contributed by atoms with Crippen molar-refractivity contribution in [3.8, 4) is 0 Å². The summed E-state index contributed by atoms with van der Waals surface area (Å²) < 4.78 is 24.7. The van der Waals surface area contributed by atoms with Gasteiger partial charge in [0.25, 0.3) is 0 Å². The lowest BCUT2D eigenvalue weighted by molar-refractivity contribution is -0.928. The van der Waals surface area contributed by atoms with Crippen molar-refractivity contribution in [2.75, 3.05) is 67.7 Å². The summed E-state index contributed by atoms with van der Waals surface area (Å²) in [6.45, 7) is 21.3. The number of carbonyl (C=O) groups excluding carboxylic acids is 2. The van der Waals surface area contributed by atoms with Gasteiger partial charge in [-0.2, -0.15) is 0 Å². The number of hydrogen-bond donors (Lipinski definition) is 0. The highest BCUT2D eigenvalue weighted by Crippen LogP contribution is 2.24. The molecule has 0 N–H and O–H groups in total. The molecule has 0 aromatic rings. The normalized spacial score (nSPS) is 15.2. The van der Waals surface area contributed by atoms with E-state index in [1.54, 1.807) is 0 Å². The molecule has 0 aromatic heterocycles. The first-order valence-corrected chi connectivity index (χ1v) is 27.1. The molecule has 0 bridgehead atoms. The summed E-state index contributed by atoms with van der Waals surface area (Å²) in [6, 6.07) is -0.730. The summed E-state index contributed by atoms with van der Waals surface area (Å²) in [4.78, 5) is 26.9. The largest absolute Gasteiger partial charge is 0.465 e. The van der Waals surface area contributed by atoms with Gasteiger partial charge in [-0.15, -0.1) is 0 Å². The summed E-state index contributed by atoms with van der Waals surface area (Å²) in [5.41, 5.74) is -0.678. The van der Waals surface area contributed by atoms with E-state index in [2.05, 4.69) is 69.5 Å². The van der Waals surface area contributed by atoms with Gasteiger partial charge in [0, 0.05) is 0 Å². The van der Waals surface area contributed by atoms with E-state index in [0.29, 0.717) is 22.2 Å². The maximum atomic E-state index is 13.4. The van der Waals surface area contributed by atoms with Gasteiger partial charge in [0.15, 0.2) is 0 Å². The van der Waals surface area contributed by atoms with Crippen molar-refractivity contribution in [3.63, 3.8) is 0 Å². The van der Waals surface area contributed by atoms with E-state index in [1.807, 2.05) is 0 Å². The zero-order chi connectivity index (χ0) is 47.3. The fourth-order valence-electron chi connectivity index (χ4n) is 9.24. The number of likely N-dealkylation sites (N-methyl/N-ethyl adjacent to an activating group) is 2. The number of carbonyl (C=O) groups is 2. The Morgan fingerprint density at radius 2 is 0.556 bits per heavy atom. The van der Waals surface area contributed by atoms with Crippen molar-refractivity contribution in [2.45, 2.75) is 278 Å². The first kappa shape index (κ1) is 61.8. The molecular formula is C55H112N2O6+2. The molecule has 0 amide bonds. The van der Waals surface area contributed by atoms with E-state index < -0.39 is 0 Å². The van der Waals surface area contributed by atoms with Crippen LogP contribution in [0, 0.1) is 0 Å². The summed E-state index contributed by atoms with van der Waals surface area (Å²) in [6.07, 6.45) is 40.3. The summed E-state index contributed by atoms with van der Waals surface area (Å²) in [5, 5.41) is 0. The summed E-state index contributed by atoms with van der Waals surface area (Å²) in [7, 11) is 7.54. The van der Waals surface area contributed by atoms with Crippen molar-refractivity contribution >= 4 is 11.9 Å². The fraction of sp³-hybridized carbons (Fsp3) is 0.964. The second kappa shape index (κ2) is 37.8. The van der Waals surface area contributed by atoms with E-state index in [-0.39, 0.29) is 35.2 Å². The number of esters is 2. The predicted molar refractivity (Wildman–Crippen MR) is 269 cm³/mol. The van der Waals surface area contributed by atoms with Crippen LogP contribution >= 0.6 is 0 Å². The van der Waals surface area contributed by atoms with Gasteiger partial charge in [-0.1, -0.05) is 168 Å². The number of quaternary nitrogens is 2. The third-order valence-electron chi connectivity index (χ3n) is 13.7. The van der Waals surface area contributed by atoms with Gasteiger partial charge in [-0.3, -0.25) is 0 Å². The van der Waals surface area contributed by atoms with E-state index >= 15 is 0 Å². The van der Waals surface area contributed by atoms with Gasteiger partial charge >= 0.3 is 11.9 Å². The first-order valence-electron chi connectivity index (χ1n) is 27.1. The van der Waals surface area contributed by atoms with Gasteiger partial charge in [-0.05, 0) is 86.5 Å².